The SMILES string of the molecule is CCCNC(CC)C(C)c1ccccc1F. The molecular weight excluding hydrogens is 201 g/mol. The first-order valence-electron chi connectivity index (χ1n) is 6.18. The van der Waals surface area contributed by atoms with Crippen molar-refractivity contribution in [3.8, 4) is 0 Å². The van der Waals surface area contributed by atoms with Crippen molar-refractivity contribution < 1.29 is 4.39 Å². The average Bonchev–Trinajstić information content (AvgIpc) is 2.30. The molecule has 0 spiro atoms. The van der Waals surface area contributed by atoms with Gasteiger partial charge in [-0.05, 0) is 36.9 Å². The third-order valence-electron chi connectivity index (χ3n) is 3.10. The molecule has 0 amide bonds. The van der Waals surface area contributed by atoms with E-state index in [0.29, 0.717) is 6.04 Å². The predicted octanol–water partition coefficient (Wildman–Crippen LogP) is 3.71. The largest absolute Gasteiger partial charge is 0.313 e. The van der Waals surface area contributed by atoms with E-state index in [4.69, 9.17) is 0 Å². The highest BCUT2D eigenvalue weighted by Gasteiger charge is 2.18. The summed E-state index contributed by atoms with van der Waals surface area (Å²) in [5, 5.41) is 3.48. The first-order valence-corrected chi connectivity index (χ1v) is 6.18. The number of nitrogens with one attached hydrogen (secondary N) is 1. The minimum atomic E-state index is -0.0910. The van der Waals surface area contributed by atoms with Gasteiger partial charge in [-0.25, -0.2) is 4.39 Å². The Labute approximate surface area is 98.1 Å². The molecule has 0 heterocycles. The maximum atomic E-state index is 13.6. The molecule has 1 N–H and O–H groups in total. The van der Waals surface area contributed by atoms with Crippen LogP contribution >= 0.6 is 0 Å². The van der Waals surface area contributed by atoms with Crippen LogP contribution in [0.25, 0.3) is 0 Å². The Hall–Kier alpha value is -0.890. The van der Waals surface area contributed by atoms with Crippen molar-refractivity contribution in [3.05, 3.63) is 35.6 Å². The number of benzene rings is 1. The number of hydrogen-bond acceptors (Lipinski definition) is 1. The van der Waals surface area contributed by atoms with Crippen LogP contribution in [-0.4, -0.2) is 12.6 Å². The minimum Gasteiger partial charge on any atom is -0.313 e. The first-order chi connectivity index (χ1) is 7.70. The van der Waals surface area contributed by atoms with Crippen LogP contribution in [0, 0.1) is 5.82 Å². The highest BCUT2D eigenvalue weighted by Crippen LogP contribution is 2.23. The fraction of sp³-hybridized carbons (Fsp3) is 0.571. The van der Waals surface area contributed by atoms with E-state index < -0.39 is 0 Å². The van der Waals surface area contributed by atoms with E-state index in [1.54, 1.807) is 12.1 Å². The molecule has 2 atom stereocenters. The standard InChI is InChI=1S/C14H22FN/c1-4-10-16-14(5-2)11(3)12-8-6-7-9-13(12)15/h6-9,11,14,16H,4-5,10H2,1-3H3. The third-order valence-corrected chi connectivity index (χ3v) is 3.10. The van der Waals surface area contributed by atoms with Crippen molar-refractivity contribution in [1.29, 1.82) is 0 Å². The molecular formula is C14H22FN. The Morgan fingerprint density at radius 2 is 1.94 bits per heavy atom. The first kappa shape index (κ1) is 13.2. The Morgan fingerprint density at radius 1 is 1.25 bits per heavy atom. The zero-order chi connectivity index (χ0) is 12.0. The number of hydrogen-bond donors (Lipinski definition) is 1. The Kier molecular flexibility index (Phi) is 5.47. The Balaban J connectivity index is 2.74. The van der Waals surface area contributed by atoms with Gasteiger partial charge in [0.1, 0.15) is 5.82 Å². The molecule has 16 heavy (non-hydrogen) atoms. The number of rotatable bonds is 6. The van der Waals surface area contributed by atoms with Gasteiger partial charge in [0.05, 0.1) is 0 Å². The molecule has 1 rings (SSSR count). The van der Waals surface area contributed by atoms with Gasteiger partial charge < -0.3 is 5.32 Å². The van der Waals surface area contributed by atoms with E-state index >= 15 is 0 Å². The van der Waals surface area contributed by atoms with Crippen molar-refractivity contribution in [3.63, 3.8) is 0 Å². The van der Waals surface area contributed by atoms with E-state index in [0.717, 1.165) is 24.9 Å². The lowest BCUT2D eigenvalue weighted by atomic mass is 9.91. The molecule has 2 unspecified atom stereocenters. The minimum absolute atomic E-state index is 0.0910. The van der Waals surface area contributed by atoms with Crippen LogP contribution in [0.15, 0.2) is 24.3 Å². The fourth-order valence-electron chi connectivity index (χ4n) is 2.07. The molecule has 0 aliphatic heterocycles. The van der Waals surface area contributed by atoms with Crippen LogP contribution in [0.3, 0.4) is 0 Å². The summed E-state index contributed by atoms with van der Waals surface area (Å²) in [7, 11) is 0. The summed E-state index contributed by atoms with van der Waals surface area (Å²) in [4.78, 5) is 0. The average molecular weight is 223 g/mol. The van der Waals surface area contributed by atoms with Gasteiger partial charge in [-0.15, -0.1) is 0 Å². The molecule has 1 aromatic rings. The van der Waals surface area contributed by atoms with Crippen molar-refractivity contribution in [2.75, 3.05) is 6.54 Å². The molecule has 0 aliphatic carbocycles. The highest BCUT2D eigenvalue weighted by atomic mass is 19.1. The summed E-state index contributed by atoms with van der Waals surface area (Å²) in [6.45, 7) is 7.38. The summed E-state index contributed by atoms with van der Waals surface area (Å²) in [5.41, 5.74) is 0.818. The third kappa shape index (κ3) is 3.31. The van der Waals surface area contributed by atoms with Crippen LogP contribution in [0.4, 0.5) is 4.39 Å². The second-order valence-corrected chi connectivity index (χ2v) is 4.28. The second-order valence-electron chi connectivity index (χ2n) is 4.28. The molecule has 0 saturated heterocycles. The van der Waals surface area contributed by atoms with Gasteiger partial charge in [0.2, 0.25) is 0 Å². The van der Waals surface area contributed by atoms with Gasteiger partial charge in [0.25, 0.3) is 0 Å². The van der Waals surface area contributed by atoms with E-state index in [1.165, 1.54) is 0 Å². The molecule has 0 fully saturated rings. The molecule has 0 radical (unpaired) electrons. The van der Waals surface area contributed by atoms with Gasteiger partial charge >= 0.3 is 0 Å². The molecule has 90 valence electrons. The molecule has 1 nitrogen and oxygen atoms in total. The van der Waals surface area contributed by atoms with E-state index in [-0.39, 0.29) is 11.7 Å². The lowest BCUT2D eigenvalue weighted by molar-refractivity contribution is 0.427. The van der Waals surface area contributed by atoms with Crippen molar-refractivity contribution in [2.45, 2.75) is 45.6 Å². The van der Waals surface area contributed by atoms with Crippen molar-refractivity contribution in [2.24, 2.45) is 0 Å². The van der Waals surface area contributed by atoms with Crippen LogP contribution in [0.1, 0.15) is 45.1 Å². The normalized spacial score (nSPS) is 14.8. The zero-order valence-corrected chi connectivity index (χ0v) is 10.5. The topological polar surface area (TPSA) is 12.0 Å². The summed E-state index contributed by atoms with van der Waals surface area (Å²) in [6.07, 6.45) is 2.13. The Bertz CT molecular complexity index is 311. The van der Waals surface area contributed by atoms with E-state index in [2.05, 4.69) is 26.1 Å². The maximum Gasteiger partial charge on any atom is 0.126 e. The fourth-order valence-corrected chi connectivity index (χ4v) is 2.07. The molecule has 0 saturated carbocycles. The lowest BCUT2D eigenvalue weighted by Crippen LogP contribution is -2.34. The van der Waals surface area contributed by atoms with Crippen LogP contribution < -0.4 is 5.32 Å². The molecule has 2 heteroatoms. The van der Waals surface area contributed by atoms with E-state index in [9.17, 15) is 4.39 Å². The smallest absolute Gasteiger partial charge is 0.126 e. The van der Waals surface area contributed by atoms with E-state index in [1.807, 2.05) is 12.1 Å². The molecule has 0 aromatic heterocycles. The Morgan fingerprint density at radius 3 is 2.50 bits per heavy atom. The van der Waals surface area contributed by atoms with Crippen molar-refractivity contribution >= 4 is 0 Å². The maximum absolute atomic E-state index is 13.6. The molecule has 0 aliphatic rings. The summed E-state index contributed by atoms with van der Waals surface area (Å²) >= 11 is 0. The molecule has 1 aromatic carbocycles. The summed E-state index contributed by atoms with van der Waals surface area (Å²) in [5.74, 6) is 0.129. The number of halogens is 1. The van der Waals surface area contributed by atoms with Crippen molar-refractivity contribution in [1.82, 2.24) is 5.32 Å². The zero-order valence-electron chi connectivity index (χ0n) is 10.5. The summed E-state index contributed by atoms with van der Waals surface area (Å²) < 4.78 is 13.6. The quantitative estimate of drug-likeness (QED) is 0.775. The van der Waals surface area contributed by atoms with Crippen LogP contribution in [0.5, 0.6) is 0 Å². The molecule has 0 bridgehead atoms. The highest BCUT2D eigenvalue weighted by molar-refractivity contribution is 5.22. The predicted molar refractivity (Wildman–Crippen MR) is 67.2 cm³/mol. The monoisotopic (exact) mass is 223 g/mol. The van der Waals surface area contributed by atoms with Crippen LogP contribution in [-0.2, 0) is 0 Å². The van der Waals surface area contributed by atoms with Gasteiger partial charge in [0.15, 0.2) is 0 Å². The van der Waals surface area contributed by atoms with Gasteiger partial charge in [0, 0.05) is 6.04 Å². The second kappa shape index (κ2) is 6.64. The lowest BCUT2D eigenvalue weighted by Gasteiger charge is -2.24. The van der Waals surface area contributed by atoms with Gasteiger partial charge in [-0.3, -0.25) is 0 Å². The van der Waals surface area contributed by atoms with Crippen LogP contribution in [0.2, 0.25) is 0 Å². The van der Waals surface area contributed by atoms with Gasteiger partial charge in [-0.1, -0.05) is 39.0 Å². The summed E-state index contributed by atoms with van der Waals surface area (Å²) in [6, 6.07) is 7.43. The van der Waals surface area contributed by atoms with Gasteiger partial charge in [-0.2, -0.15) is 0 Å².